The van der Waals surface area contributed by atoms with Crippen molar-refractivity contribution in [3.05, 3.63) is 60.4 Å². The van der Waals surface area contributed by atoms with E-state index < -0.39 is 5.97 Å². The normalized spacial score (nSPS) is 10.7. The molecule has 1 amide bonds. The molecule has 1 N–H and O–H groups in total. The van der Waals surface area contributed by atoms with E-state index in [0.29, 0.717) is 33.2 Å². The summed E-state index contributed by atoms with van der Waals surface area (Å²) in [6.45, 7) is 0. The number of carbonyl (C=O) groups is 2. The van der Waals surface area contributed by atoms with Crippen molar-refractivity contribution in [3.63, 3.8) is 0 Å². The van der Waals surface area contributed by atoms with Crippen molar-refractivity contribution in [2.75, 3.05) is 25.3 Å². The van der Waals surface area contributed by atoms with E-state index >= 15 is 0 Å². The Hall–Kier alpha value is -3.99. The number of amides is 1. The molecule has 0 saturated carbocycles. The molecule has 0 fully saturated rings. The predicted octanol–water partition coefficient (Wildman–Crippen LogP) is 2.74. The summed E-state index contributed by atoms with van der Waals surface area (Å²) in [6, 6.07) is 13.8. The maximum atomic E-state index is 12.4. The molecule has 0 aliphatic heterocycles. The predicted molar refractivity (Wildman–Crippen MR) is 118 cm³/mol. The number of esters is 1. The van der Waals surface area contributed by atoms with Crippen molar-refractivity contribution in [2.24, 2.45) is 0 Å². The van der Waals surface area contributed by atoms with E-state index in [-0.39, 0.29) is 11.7 Å². The molecule has 32 heavy (non-hydrogen) atoms. The van der Waals surface area contributed by atoms with Crippen molar-refractivity contribution in [3.8, 4) is 11.4 Å². The van der Waals surface area contributed by atoms with Gasteiger partial charge >= 0.3 is 5.97 Å². The van der Waals surface area contributed by atoms with Crippen LogP contribution in [0.1, 0.15) is 10.4 Å². The molecular formula is C21H18N6O4S. The van der Waals surface area contributed by atoms with Gasteiger partial charge in [-0.05, 0) is 36.4 Å². The Kier molecular flexibility index (Phi) is 6.26. The number of benzene rings is 2. The molecular weight excluding hydrogens is 432 g/mol. The van der Waals surface area contributed by atoms with Gasteiger partial charge in [-0.1, -0.05) is 23.0 Å². The molecule has 0 radical (unpaired) electrons. The van der Waals surface area contributed by atoms with E-state index in [0.717, 1.165) is 5.69 Å². The zero-order valence-electron chi connectivity index (χ0n) is 17.2. The Bertz CT molecular complexity index is 1280. The van der Waals surface area contributed by atoms with Crippen LogP contribution in [0, 0.1) is 0 Å². The van der Waals surface area contributed by atoms with Crippen LogP contribution in [0.3, 0.4) is 0 Å². The zero-order valence-corrected chi connectivity index (χ0v) is 18.0. The summed E-state index contributed by atoms with van der Waals surface area (Å²) in [5.74, 6) is 0.128. The highest BCUT2D eigenvalue weighted by Crippen LogP contribution is 2.25. The molecule has 11 heteroatoms. The molecule has 4 rings (SSSR count). The van der Waals surface area contributed by atoms with Gasteiger partial charge in [0.2, 0.25) is 5.91 Å². The highest BCUT2D eigenvalue weighted by molar-refractivity contribution is 8.00. The maximum Gasteiger partial charge on any atom is 0.337 e. The first-order valence-corrected chi connectivity index (χ1v) is 10.4. The number of ether oxygens (including phenoxy) is 2. The third-order valence-corrected chi connectivity index (χ3v) is 5.41. The van der Waals surface area contributed by atoms with E-state index in [2.05, 4.69) is 30.3 Å². The second-order valence-electron chi connectivity index (χ2n) is 6.46. The van der Waals surface area contributed by atoms with Gasteiger partial charge in [-0.2, -0.15) is 4.68 Å². The monoisotopic (exact) mass is 450 g/mol. The first-order valence-electron chi connectivity index (χ1n) is 9.41. The molecule has 4 aromatic rings. The largest absolute Gasteiger partial charge is 0.497 e. The number of nitrogens with one attached hydrogen (secondary N) is 1. The molecule has 2 aromatic carbocycles. The van der Waals surface area contributed by atoms with Gasteiger partial charge in [-0.15, -0.1) is 5.10 Å². The molecule has 162 valence electrons. The number of hydrogen-bond donors (Lipinski definition) is 1. The Morgan fingerprint density at radius 1 is 1.09 bits per heavy atom. The van der Waals surface area contributed by atoms with Gasteiger partial charge in [0.25, 0.3) is 0 Å². The number of fused-ring (bicyclic) bond motifs is 1. The van der Waals surface area contributed by atoms with Crippen molar-refractivity contribution in [1.29, 1.82) is 0 Å². The Morgan fingerprint density at radius 2 is 1.91 bits per heavy atom. The fourth-order valence-corrected chi connectivity index (χ4v) is 3.62. The van der Waals surface area contributed by atoms with Gasteiger partial charge < -0.3 is 14.8 Å². The van der Waals surface area contributed by atoms with Crippen molar-refractivity contribution < 1.29 is 19.1 Å². The third kappa shape index (κ3) is 4.52. The first kappa shape index (κ1) is 21.2. The lowest BCUT2D eigenvalue weighted by Gasteiger charge is -2.06. The lowest BCUT2D eigenvalue weighted by Crippen LogP contribution is -2.14. The maximum absolute atomic E-state index is 12.4. The van der Waals surface area contributed by atoms with E-state index in [9.17, 15) is 9.59 Å². The average Bonchev–Trinajstić information content (AvgIpc) is 3.27. The average molecular weight is 450 g/mol. The van der Waals surface area contributed by atoms with Gasteiger partial charge in [-0.3, -0.25) is 4.79 Å². The summed E-state index contributed by atoms with van der Waals surface area (Å²) >= 11 is 1.23. The van der Waals surface area contributed by atoms with E-state index in [4.69, 9.17) is 4.74 Å². The fraction of sp³-hybridized carbons (Fsp3) is 0.143. The van der Waals surface area contributed by atoms with E-state index in [1.54, 1.807) is 36.1 Å². The number of rotatable bonds is 7. The zero-order chi connectivity index (χ0) is 22.5. The van der Waals surface area contributed by atoms with Crippen LogP contribution in [0.5, 0.6) is 5.75 Å². The molecule has 2 heterocycles. The van der Waals surface area contributed by atoms with Crippen LogP contribution in [0.25, 0.3) is 16.9 Å². The smallest absolute Gasteiger partial charge is 0.337 e. The quantitative estimate of drug-likeness (QED) is 0.257. The molecule has 10 nitrogen and oxygen atoms in total. The topological polar surface area (TPSA) is 121 Å². The first-order chi connectivity index (χ1) is 15.6. The summed E-state index contributed by atoms with van der Waals surface area (Å²) in [7, 11) is 2.91. The highest BCUT2D eigenvalue weighted by Gasteiger charge is 2.15. The van der Waals surface area contributed by atoms with Crippen molar-refractivity contribution in [1.82, 2.24) is 25.0 Å². The van der Waals surface area contributed by atoms with Crippen LogP contribution in [0.15, 0.2) is 59.9 Å². The summed E-state index contributed by atoms with van der Waals surface area (Å²) < 4.78 is 11.5. The van der Waals surface area contributed by atoms with Gasteiger partial charge in [0.15, 0.2) is 11.2 Å². The third-order valence-electron chi connectivity index (χ3n) is 4.43. The minimum atomic E-state index is -0.437. The van der Waals surface area contributed by atoms with Crippen LogP contribution in [0.2, 0.25) is 0 Å². The van der Waals surface area contributed by atoms with Gasteiger partial charge in [0.1, 0.15) is 17.1 Å². The molecule has 0 bridgehead atoms. The summed E-state index contributed by atoms with van der Waals surface area (Å²) in [5.41, 5.74) is 2.74. The number of anilines is 1. The van der Waals surface area contributed by atoms with Gasteiger partial charge in [0.05, 0.1) is 31.2 Å². The second kappa shape index (κ2) is 9.43. The van der Waals surface area contributed by atoms with E-state index in [1.807, 2.05) is 24.3 Å². The lowest BCUT2D eigenvalue weighted by atomic mass is 10.2. The molecule has 2 aromatic heterocycles. The van der Waals surface area contributed by atoms with Gasteiger partial charge in [0, 0.05) is 11.8 Å². The SMILES string of the molecule is COC(=O)c1ccc(NC(=O)CSc2ncnc3c2nnn3-c2cccc(OC)c2)cc1. The number of aromatic nitrogens is 5. The van der Waals surface area contributed by atoms with Crippen LogP contribution in [-0.2, 0) is 9.53 Å². The standard InChI is InChI=1S/C21H18N6O4S/c1-30-16-5-3-4-15(10-16)27-19-18(25-26-27)20(23-12-22-19)32-11-17(28)24-14-8-6-13(7-9-14)21(29)31-2/h3-10,12H,11H2,1-2H3,(H,24,28). The Balaban J connectivity index is 1.46. The van der Waals surface area contributed by atoms with Crippen LogP contribution < -0.4 is 10.1 Å². The molecule has 0 atom stereocenters. The summed E-state index contributed by atoms with van der Waals surface area (Å²) in [6.07, 6.45) is 1.41. The summed E-state index contributed by atoms with van der Waals surface area (Å²) in [5, 5.41) is 11.7. The number of carbonyl (C=O) groups excluding carboxylic acids is 2. The van der Waals surface area contributed by atoms with E-state index in [1.165, 1.54) is 25.2 Å². The number of methoxy groups -OCH3 is 2. The number of hydrogen-bond acceptors (Lipinski definition) is 9. The molecule has 0 aliphatic rings. The lowest BCUT2D eigenvalue weighted by molar-refractivity contribution is -0.113. The molecule has 0 aliphatic carbocycles. The minimum absolute atomic E-state index is 0.108. The van der Waals surface area contributed by atoms with Crippen LogP contribution >= 0.6 is 11.8 Å². The van der Waals surface area contributed by atoms with Crippen molar-refractivity contribution in [2.45, 2.75) is 5.03 Å². The van der Waals surface area contributed by atoms with Crippen LogP contribution in [-0.4, -0.2) is 56.8 Å². The fourth-order valence-electron chi connectivity index (χ4n) is 2.89. The highest BCUT2D eigenvalue weighted by atomic mass is 32.2. The molecule has 0 spiro atoms. The molecule has 0 saturated heterocycles. The Morgan fingerprint density at radius 3 is 2.66 bits per heavy atom. The minimum Gasteiger partial charge on any atom is -0.497 e. The van der Waals surface area contributed by atoms with Gasteiger partial charge in [-0.25, -0.2) is 14.8 Å². The van der Waals surface area contributed by atoms with Crippen molar-refractivity contribution >= 4 is 40.5 Å². The van der Waals surface area contributed by atoms with Crippen LogP contribution in [0.4, 0.5) is 5.69 Å². The number of thioether (sulfide) groups is 1. The number of nitrogens with zero attached hydrogens (tertiary/aromatic N) is 5. The summed E-state index contributed by atoms with van der Waals surface area (Å²) in [4.78, 5) is 32.4. The molecule has 0 unspecified atom stereocenters. The second-order valence-corrected chi connectivity index (χ2v) is 7.42. The Labute approximate surface area is 187 Å².